The Morgan fingerprint density at radius 2 is 2.19 bits per heavy atom. The molecule has 9 heteroatoms. The van der Waals surface area contributed by atoms with Gasteiger partial charge in [0.25, 0.3) is 10.0 Å². The molecule has 0 aliphatic heterocycles. The topological polar surface area (TPSA) is 106 Å². The Morgan fingerprint density at radius 3 is 2.76 bits per heavy atom. The van der Waals surface area contributed by atoms with Crippen molar-refractivity contribution in [2.45, 2.75) is 29.9 Å². The first-order valence-electron chi connectivity index (χ1n) is 6.56. The van der Waals surface area contributed by atoms with Gasteiger partial charge in [0.2, 0.25) is 0 Å². The summed E-state index contributed by atoms with van der Waals surface area (Å²) in [7, 11) is -2.67. The molecule has 1 aromatic rings. The molecule has 0 radical (unpaired) electrons. The Kier molecular flexibility index (Phi) is 4.97. The smallest absolute Gasteiger partial charge is 0.358 e. The van der Waals surface area contributed by atoms with Crippen molar-refractivity contribution < 1.29 is 23.1 Å². The van der Waals surface area contributed by atoms with E-state index in [2.05, 4.69) is 14.4 Å². The first-order chi connectivity index (χ1) is 9.94. The highest BCUT2D eigenvalue weighted by Gasteiger charge is 2.35. The number of hydrogen-bond donors (Lipinski definition) is 2. The highest BCUT2D eigenvalue weighted by atomic mass is 32.2. The van der Waals surface area contributed by atoms with E-state index in [-0.39, 0.29) is 23.1 Å². The minimum absolute atomic E-state index is 0.0535. The van der Waals surface area contributed by atoms with Gasteiger partial charge in [-0.05, 0) is 12.8 Å². The van der Waals surface area contributed by atoms with Crippen molar-refractivity contribution >= 4 is 27.3 Å². The maximum Gasteiger partial charge on any atom is 0.358 e. The normalized spacial score (nSPS) is 17.8. The molecule has 1 saturated carbocycles. The van der Waals surface area contributed by atoms with E-state index in [9.17, 15) is 18.3 Å². The number of carbonyl (C=O) groups excluding carboxylic acids is 1. The molecule has 1 fully saturated rings. The van der Waals surface area contributed by atoms with Gasteiger partial charge < -0.3 is 9.84 Å². The molecule has 118 valence electrons. The van der Waals surface area contributed by atoms with E-state index in [1.54, 1.807) is 0 Å². The lowest BCUT2D eigenvalue weighted by atomic mass is 9.88. The van der Waals surface area contributed by atoms with Crippen LogP contribution >= 0.6 is 11.3 Å². The van der Waals surface area contributed by atoms with Crippen LogP contribution in [-0.4, -0.2) is 44.7 Å². The molecule has 7 nitrogen and oxygen atoms in total. The largest absolute Gasteiger partial charge is 0.464 e. The molecule has 0 amide bonds. The molecule has 2 N–H and O–H groups in total. The average Bonchev–Trinajstić information content (AvgIpc) is 3.14. The zero-order chi connectivity index (χ0) is 15.5. The number of ether oxygens (including phenoxy) is 1. The van der Waals surface area contributed by atoms with Gasteiger partial charge in [-0.3, -0.25) is 0 Å². The maximum atomic E-state index is 12.3. The third-order valence-electron chi connectivity index (χ3n) is 3.79. The summed E-state index contributed by atoms with van der Waals surface area (Å²) in [6.07, 6.45) is 3.55. The SMILES string of the molecule is COC(=O)c1ncsc1S(=O)(=O)NCC1(CO)CCCC1. The van der Waals surface area contributed by atoms with Crippen LogP contribution in [0.1, 0.15) is 36.2 Å². The highest BCUT2D eigenvalue weighted by molar-refractivity contribution is 7.91. The fourth-order valence-electron chi connectivity index (χ4n) is 2.49. The molecule has 21 heavy (non-hydrogen) atoms. The summed E-state index contributed by atoms with van der Waals surface area (Å²) in [5.74, 6) is -0.783. The molecule has 0 aromatic carbocycles. The van der Waals surface area contributed by atoms with Gasteiger partial charge in [-0.2, -0.15) is 0 Å². The van der Waals surface area contributed by atoms with Gasteiger partial charge in [0.05, 0.1) is 12.6 Å². The molecular formula is C12H18N2O5S2. The van der Waals surface area contributed by atoms with Crippen LogP contribution in [0.15, 0.2) is 9.72 Å². The minimum atomic E-state index is -3.84. The van der Waals surface area contributed by atoms with Crippen LogP contribution in [0.2, 0.25) is 0 Å². The number of nitrogens with zero attached hydrogens (tertiary/aromatic N) is 1. The zero-order valence-corrected chi connectivity index (χ0v) is 13.3. The van der Waals surface area contributed by atoms with Crippen LogP contribution in [0.3, 0.4) is 0 Å². The summed E-state index contributed by atoms with van der Waals surface area (Å²) in [5, 5.41) is 9.51. The predicted octanol–water partition coefficient (Wildman–Crippen LogP) is 0.761. The fourth-order valence-corrected chi connectivity index (χ4v) is 4.82. The molecule has 1 aromatic heterocycles. The van der Waals surface area contributed by atoms with Crippen molar-refractivity contribution in [1.82, 2.24) is 9.71 Å². The third kappa shape index (κ3) is 3.42. The lowest BCUT2D eigenvalue weighted by Crippen LogP contribution is -2.38. The van der Waals surface area contributed by atoms with E-state index < -0.39 is 21.4 Å². The monoisotopic (exact) mass is 334 g/mol. The maximum absolute atomic E-state index is 12.3. The number of hydrogen-bond acceptors (Lipinski definition) is 7. The van der Waals surface area contributed by atoms with E-state index in [4.69, 9.17) is 0 Å². The number of aliphatic hydroxyl groups excluding tert-OH is 1. The van der Waals surface area contributed by atoms with Crippen LogP contribution in [0.25, 0.3) is 0 Å². The number of sulfonamides is 1. The fraction of sp³-hybridized carbons (Fsp3) is 0.667. The lowest BCUT2D eigenvalue weighted by Gasteiger charge is -2.26. The number of esters is 1. The van der Waals surface area contributed by atoms with E-state index in [1.165, 1.54) is 12.6 Å². The van der Waals surface area contributed by atoms with Crippen LogP contribution in [0.5, 0.6) is 0 Å². The molecule has 0 spiro atoms. The van der Waals surface area contributed by atoms with E-state index in [1.807, 2.05) is 0 Å². The van der Waals surface area contributed by atoms with Crippen molar-refractivity contribution in [3.8, 4) is 0 Å². The first-order valence-corrected chi connectivity index (χ1v) is 8.93. The van der Waals surface area contributed by atoms with Gasteiger partial charge >= 0.3 is 5.97 Å². The van der Waals surface area contributed by atoms with Crippen molar-refractivity contribution in [1.29, 1.82) is 0 Å². The van der Waals surface area contributed by atoms with E-state index in [0.29, 0.717) is 0 Å². The van der Waals surface area contributed by atoms with Gasteiger partial charge in [0.15, 0.2) is 9.90 Å². The Bertz CT molecular complexity index is 605. The first kappa shape index (κ1) is 16.3. The number of aliphatic hydroxyl groups is 1. The quantitative estimate of drug-likeness (QED) is 0.744. The van der Waals surface area contributed by atoms with Crippen LogP contribution < -0.4 is 4.72 Å². The summed E-state index contributed by atoms with van der Waals surface area (Å²) in [6, 6.07) is 0. The molecular weight excluding hydrogens is 316 g/mol. The Labute approximate surface area is 127 Å². The van der Waals surface area contributed by atoms with E-state index >= 15 is 0 Å². The Balaban J connectivity index is 2.16. The molecule has 0 bridgehead atoms. The third-order valence-corrected chi connectivity index (χ3v) is 6.57. The number of aromatic nitrogens is 1. The zero-order valence-electron chi connectivity index (χ0n) is 11.7. The number of methoxy groups -OCH3 is 1. The van der Waals surface area contributed by atoms with Crippen LogP contribution in [-0.2, 0) is 14.8 Å². The number of thiazole rings is 1. The van der Waals surface area contributed by atoms with Gasteiger partial charge in [-0.1, -0.05) is 12.8 Å². The highest BCUT2D eigenvalue weighted by Crippen LogP contribution is 2.37. The summed E-state index contributed by atoms with van der Waals surface area (Å²) in [4.78, 5) is 15.3. The van der Waals surface area contributed by atoms with Crippen molar-refractivity contribution in [2.75, 3.05) is 20.3 Å². The Morgan fingerprint density at radius 1 is 1.52 bits per heavy atom. The summed E-state index contributed by atoms with van der Waals surface area (Å²) in [6.45, 7) is 0.104. The van der Waals surface area contributed by atoms with Gasteiger partial charge in [0, 0.05) is 18.6 Å². The van der Waals surface area contributed by atoms with Gasteiger partial charge in [0.1, 0.15) is 0 Å². The summed E-state index contributed by atoms with van der Waals surface area (Å²) in [5.41, 5.74) is 0.681. The predicted molar refractivity (Wildman–Crippen MR) is 76.6 cm³/mol. The second-order valence-corrected chi connectivity index (χ2v) is 7.99. The van der Waals surface area contributed by atoms with Crippen LogP contribution in [0.4, 0.5) is 0 Å². The van der Waals surface area contributed by atoms with Gasteiger partial charge in [-0.15, -0.1) is 11.3 Å². The summed E-state index contributed by atoms with van der Waals surface area (Å²) >= 11 is 0.864. The van der Waals surface area contributed by atoms with Gasteiger partial charge in [-0.25, -0.2) is 22.9 Å². The molecule has 1 aliphatic rings. The lowest BCUT2D eigenvalue weighted by molar-refractivity contribution is 0.0590. The van der Waals surface area contributed by atoms with E-state index in [0.717, 1.165) is 37.0 Å². The second kappa shape index (κ2) is 6.39. The average molecular weight is 334 g/mol. The minimum Gasteiger partial charge on any atom is -0.464 e. The standard InChI is InChI=1S/C12H18N2O5S2/c1-19-10(16)9-11(20-8-13-9)21(17,18)14-6-12(7-15)4-2-3-5-12/h8,14-15H,2-7H2,1H3. The number of carbonyl (C=O) groups is 1. The summed E-state index contributed by atoms with van der Waals surface area (Å²) < 4.78 is 31.5. The Hall–Kier alpha value is -1.03. The van der Waals surface area contributed by atoms with Crippen LogP contribution in [0, 0.1) is 5.41 Å². The molecule has 1 heterocycles. The molecule has 0 saturated heterocycles. The molecule has 0 atom stereocenters. The number of nitrogens with one attached hydrogen (secondary N) is 1. The molecule has 0 unspecified atom stereocenters. The van der Waals surface area contributed by atoms with Crippen molar-refractivity contribution in [3.05, 3.63) is 11.2 Å². The van der Waals surface area contributed by atoms with Crippen molar-refractivity contribution in [3.63, 3.8) is 0 Å². The number of rotatable bonds is 6. The van der Waals surface area contributed by atoms with Crippen molar-refractivity contribution in [2.24, 2.45) is 5.41 Å². The molecule has 2 rings (SSSR count). The molecule has 1 aliphatic carbocycles. The second-order valence-electron chi connectivity index (χ2n) is 5.17.